The predicted molar refractivity (Wildman–Crippen MR) is 173 cm³/mol. The normalized spacial score (nSPS) is 17.8. The Bertz CT molecular complexity index is 1560. The van der Waals surface area contributed by atoms with Crippen LogP contribution in [0.15, 0.2) is 107 Å². The van der Waals surface area contributed by atoms with Crippen molar-refractivity contribution >= 4 is 17.6 Å². The van der Waals surface area contributed by atoms with Gasteiger partial charge in [-0.05, 0) is 69.4 Å². The van der Waals surface area contributed by atoms with Crippen LogP contribution >= 0.6 is 0 Å². The number of piperidine rings is 1. The number of nitrogens with one attached hydrogen (secondary N) is 2. The molecule has 0 radical (unpaired) electrons. The number of amides is 1. The van der Waals surface area contributed by atoms with E-state index in [0.29, 0.717) is 34.6 Å². The minimum atomic E-state index is -0.731. The highest BCUT2D eigenvalue weighted by Crippen LogP contribution is 2.42. The molecule has 10 heteroatoms. The van der Waals surface area contributed by atoms with E-state index in [9.17, 15) is 19.7 Å². The summed E-state index contributed by atoms with van der Waals surface area (Å²) in [6, 6.07) is 27.5. The van der Waals surface area contributed by atoms with Crippen LogP contribution in [-0.4, -0.2) is 55.0 Å². The van der Waals surface area contributed by atoms with E-state index in [-0.39, 0.29) is 29.4 Å². The average Bonchev–Trinajstić information content (AvgIpc) is 3.07. The van der Waals surface area contributed by atoms with Gasteiger partial charge in [-0.15, -0.1) is 0 Å². The van der Waals surface area contributed by atoms with E-state index in [1.807, 2.05) is 0 Å². The largest absolute Gasteiger partial charge is 1.00 e. The zero-order valence-electron chi connectivity index (χ0n) is 26.4. The predicted octanol–water partition coefficient (Wildman–Crippen LogP) is 2.60. The summed E-state index contributed by atoms with van der Waals surface area (Å²) in [4.78, 5) is 39.8. The molecule has 3 aromatic carbocycles. The van der Waals surface area contributed by atoms with Crippen LogP contribution in [0, 0.1) is 10.1 Å². The fourth-order valence-electron chi connectivity index (χ4n) is 6.81. The highest BCUT2D eigenvalue weighted by atomic mass is 35.5. The number of hydrogen-bond acceptors (Lipinski definition) is 7. The third-order valence-corrected chi connectivity index (χ3v) is 9.15. The minimum Gasteiger partial charge on any atom is -1.00 e. The van der Waals surface area contributed by atoms with Crippen molar-refractivity contribution in [1.82, 2.24) is 15.5 Å². The number of esters is 1. The first kappa shape index (κ1) is 34.4. The van der Waals surface area contributed by atoms with Gasteiger partial charge in [0.15, 0.2) is 0 Å². The first-order valence-electron chi connectivity index (χ1n) is 15.4. The maximum atomic E-state index is 13.7. The summed E-state index contributed by atoms with van der Waals surface area (Å²) in [7, 11) is 1.30. The van der Waals surface area contributed by atoms with Crippen LogP contribution in [0.1, 0.15) is 55.7 Å². The number of nitrogens with zero attached hydrogens (tertiary/aromatic N) is 2. The van der Waals surface area contributed by atoms with Crippen molar-refractivity contribution in [2.24, 2.45) is 0 Å². The molecule has 3 aromatic rings. The van der Waals surface area contributed by atoms with Crippen LogP contribution in [0.3, 0.4) is 0 Å². The second-order valence-electron chi connectivity index (χ2n) is 11.7. The molecule has 1 atom stereocenters. The van der Waals surface area contributed by atoms with E-state index in [1.165, 1.54) is 30.4 Å². The van der Waals surface area contributed by atoms with E-state index in [1.54, 1.807) is 26.0 Å². The second-order valence-corrected chi connectivity index (χ2v) is 11.7. The van der Waals surface area contributed by atoms with Crippen molar-refractivity contribution < 1.29 is 31.7 Å². The number of dihydropyridines is 1. The van der Waals surface area contributed by atoms with E-state index in [0.717, 1.165) is 38.9 Å². The van der Waals surface area contributed by atoms with Crippen molar-refractivity contribution in [3.8, 4) is 0 Å². The first-order chi connectivity index (χ1) is 21.7. The molecule has 0 aliphatic carbocycles. The standard InChI is InChI=1S/C36H40N4O5.ClH/c1-25-31(33(32(26(2)38-25)35(42)45-3)27-15-17-30(18-16-27)40(43)44)34(41)37-21-10-22-39-23-19-36(20-24-39,28-11-6-4-7-12-28)29-13-8-5-9-14-29;/h4-9,11-18,33,38H,10,19-24H2,1-3H3,(H,37,41);1H/p-1. The molecule has 5 rings (SSSR count). The number of benzene rings is 3. The van der Waals surface area contributed by atoms with Gasteiger partial charge >= 0.3 is 5.97 Å². The summed E-state index contributed by atoms with van der Waals surface area (Å²) >= 11 is 0. The molecular weight excluding hydrogens is 604 g/mol. The number of halogens is 1. The lowest BCUT2D eigenvalue weighted by atomic mass is 9.68. The third-order valence-electron chi connectivity index (χ3n) is 9.15. The summed E-state index contributed by atoms with van der Waals surface area (Å²) in [5, 5.41) is 17.5. The first-order valence-corrected chi connectivity index (χ1v) is 15.4. The zero-order valence-corrected chi connectivity index (χ0v) is 27.2. The zero-order chi connectivity index (χ0) is 32.0. The van der Waals surface area contributed by atoms with Crippen LogP contribution in [0.2, 0.25) is 0 Å². The van der Waals surface area contributed by atoms with Gasteiger partial charge < -0.3 is 32.7 Å². The smallest absolute Gasteiger partial charge is 0.336 e. The topological polar surface area (TPSA) is 114 Å². The van der Waals surface area contributed by atoms with E-state index in [4.69, 9.17) is 4.74 Å². The Morgan fingerprint density at radius 3 is 1.98 bits per heavy atom. The Labute approximate surface area is 276 Å². The fraction of sp³-hybridized carbons (Fsp3) is 0.333. The lowest BCUT2D eigenvalue weighted by Crippen LogP contribution is -3.00. The summed E-state index contributed by atoms with van der Waals surface area (Å²) < 4.78 is 5.07. The number of methoxy groups -OCH3 is 1. The summed E-state index contributed by atoms with van der Waals surface area (Å²) in [6.45, 7) is 6.80. The lowest BCUT2D eigenvalue weighted by Gasteiger charge is -2.43. The van der Waals surface area contributed by atoms with Crippen molar-refractivity contribution in [3.63, 3.8) is 0 Å². The summed E-state index contributed by atoms with van der Waals surface area (Å²) in [6.07, 6.45) is 2.81. The highest BCUT2D eigenvalue weighted by Gasteiger charge is 2.38. The monoisotopic (exact) mass is 643 g/mol. The van der Waals surface area contributed by atoms with Gasteiger partial charge in [0.1, 0.15) is 0 Å². The Morgan fingerprint density at radius 2 is 1.46 bits per heavy atom. The Hall–Kier alpha value is -4.47. The minimum absolute atomic E-state index is 0. The maximum Gasteiger partial charge on any atom is 0.336 e. The lowest BCUT2D eigenvalue weighted by molar-refractivity contribution is -0.384. The molecular formula is C36H40ClN4O5-. The molecule has 242 valence electrons. The Morgan fingerprint density at radius 1 is 0.913 bits per heavy atom. The van der Waals surface area contributed by atoms with E-state index in [2.05, 4.69) is 76.2 Å². The number of non-ortho nitro benzene ring substituents is 1. The van der Waals surface area contributed by atoms with Gasteiger partial charge in [-0.3, -0.25) is 14.9 Å². The van der Waals surface area contributed by atoms with Gasteiger partial charge in [0.05, 0.1) is 23.5 Å². The van der Waals surface area contributed by atoms with Crippen LogP contribution < -0.4 is 23.0 Å². The van der Waals surface area contributed by atoms with Crippen molar-refractivity contribution in [2.45, 2.75) is 44.4 Å². The van der Waals surface area contributed by atoms with Gasteiger partial charge in [-0.2, -0.15) is 0 Å². The molecule has 2 aliphatic rings. The third kappa shape index (κ3) is 7.16. The van der Waals surface area contributed by atoms with Crippen LogP contribution in [-0.2, 0) is 19.7 Å². The number of likely N-dealkylation sites (tertiary alicyclic amines) is 1. The van der Waals surface area contributed by atoms with Gasteiger partial charge in [0.2, 0.25) is 5.91 Å². The molecule has 1 saturated heterocycles. The van der Waals surface area contributed by atoms with Gasteiger partial charge in [-0.1, -0.05) is 72.8 Å². The maximum absolute atomic E-state index is 13.7. The molecule has 1 unspecified atom stereocenters. The Balaban J connectivity index is 0.00000480. The van der Waals surface area contributed by atoms with Gasteiger partial charge in [-0.25, -0.2) is 4.79 Å². The van der Waals surface area contributed by atoms with Crippen molar-refractivity contribution in [2.75, 3.05) is 33.3 Å². The molecule has 0 bridgehead atoms. The van der Waals surface area contributed by atoms with Crippen LogP contribution in [0.5, 0.6) is 0 Å². The molecule has 2 aliphatic heterocycles. The number of nitro groups is 1. The quantitative estimate of drug-likeness (QED) is 0.151. The van der Waals surface area contributed by atoms with Crippen LogP contribution in [0.4, 0.5) is 5.69 Å². The second kappa shape index (κ2) is 15.2. The molecule has 0 spiro atoms. The molecule has 1 fully saturated rings. The molecule has 46 heavy (non-hydrogen) atoms. The molecule has 9 nitrogen and oxygen atoms in total. The number of carbonyl (C=O) groups excluding carboxylic acids is 2. The van der Waals surface area contributed by atoms with E-state index >= 15 is 0 Å². The van der Waals surface area contributed by atoms with Crippen molar-refractivity contribution in [1.29, 1.82) is 0 Å². The molecule has 2 N–H and O–H groups in total. The van der Waals surface area contributed by atoms with Gasteiger partial charge in [0.25, 0.3) is 5.69 Å². The molecule has 0 aromatic heterocycles. The number of nitro benzene ring substituents is 1. The SMILES string of the molecule is COC(=O)C1=C(C)NC(C)=C(C(=O)NCCCN2CCC(c3ccccc3)(c3ccccc3)CC2)C1c1ccc([N+](=O)[O-])cc1.[Cl-]. The number of rotatable bonds is 10. The Kier molecular flexibility index (Phi) is 11.4. The summed E-state index contributed by atoms with van der Waals surface area (Å²) in [5.41, 5.74) is 5.11. The molecule has 1 amide bonds. The fourth-order valence-corrected chi connectivity index (χ4v) is 6.81. The van der Waals surface area contributed by atoms with Crippen LogP contribution in [0.25, 0.3) is 0 Å². The number of ether oxygens (including phenoxy) is 1. The number of carbonyl (C=O) groups is 2. The van der Waals surface area contributed by atoms with Crippen molar-refractivity contribution in [3.05, 3.63) is 134 Å². The molecule has 2 heterocycles. The molecule has 0 saturated carbocycles. The number of hydrogen-bond donors (Lipinski definition) is 2. The average molecular weight is 644 g/mol. The highest BCUT2D eigenvalue weighted by molar-refractivity contribution is 6.02. The van der Waals surface area contributed by atoms with Gasteiger partial charge in [0, 0.05) is 41.1 Å². The van der Waals surface area contributed by atoms with E-state index < -0.39 is 16.8 Å². The summed E-state index contributed by atoms with van der Waals surface area (Å²) in [5.74, 6) is -1.58. The number of allylic oxidation sites excluding steroid dienone is 2.